The quantitative estimate of drug-likeness (QED) is 0.857. The molecular formula is C15H23N3O3. The van der Waals surface area contributed by atoms with Crippen molar-refractivity contribution in [2.45, 2.75) is 58.6 Å². The van der Waals surface area contributed by atoms with Crippen LogP contribution in [-0.4, -0.2) is 33.8 Å². The van der Waals surface area contributed by atoms with Crippen LogP contribution in [0.25, 0.3) is 0 Å². The van der Waals surface area contributed by atoms with Gasteiger partial charge in [0.05, 0.1) is 5.69 Å². The van der Waals surface area contributed by atoms with Crippen LogP contribution in [0, 0.1) is 13.8 Å². The molecular weight excluding hydrogens is 270 g/mol. The summed E-state index contributed by atoms with van der Waals surface area (Å²) >= 11 is 0. The molecule has 1 aliphatic rings. The zero-order chi connectivity index (χ0) is 15.6. The molecule has 1 saturated carbocycles. The highest BCUT2D eigenvalue weighted by Crippen LogP contribution is 2.18. The molecule has 0 radical (unpaired) electrons. The molecule has 0 aromatic carbocycles. The Labute approximate surface area is 124 Å². The van der Waals surface area contributed by atoms with Crippen molar-refractivity contribution < 1.29 is 14.3 Å². The number of nitrogens with zero attached hydrogens (tertiary/aromatic N) is 2. The largest absolute Gasteiger partial charge is 0.449 e. The number of carbonyl (C=O) groups is 2. The van der Waals surface area contributed by atoms with Gasteiger partial charge in [0.1, 0.15) is 5.56 Å². The average molecular weight is 293 g/mol. The average Bonchev–Trinajstić information content (AvgIpc) is 2.99. The van der Waals surface area contributed by atoms with Gasteiger partial charge >= 0.3 is 5.97 Å². The lowest BCUT2D eigenvalue weighted by Crippen LogP contribution is -2.40. The van der Waals surface area contributed by atoms with Gasteiger partial charge in [0.15, 0.2) is 6.10 Å². The first-order chi connectivity index (χ1) is 9.90. The maximum atomic E-state index is 12.2. The van der Waals surface area contributed by atoms with Gasteiger partial charge in [0.25, 0.3) is 5.91 Å². The van der Waals surface area contributed by atoms with Crippen LogP contribution in [0.2, 0.25) is 0 Å². The summed E-state index contributed by atoms with van der Waals surface area (Å²) in [6.07, 6.45) is 3.51. The van der Waals surface area contributed by atoms with Gasteiger partial charge in [-0.15, -0.1) is 0 Å². The van der Waals surface area contributed by atoms with Crippen molar-refractivity contribution in [3.05, 3.63) is 17.0 Å². The molecule has 1 aromatic rings. The van der Waals surface area contributed by atoms with Gasteiger partial charge in [-0.05, 0) is 33.6 Å². The van der Waals surface area contributed by atoms with E-state index in [0.717, 1.165) is 31.4 Å². The van der Waals surface area contributed by atoms with E-state index in [2.05, 4.69) is 10.4 Å². The lowest BCUT2D eigenvalue weighted by Gasteiger charge is -2.17. The molecule has 1 aromatic heterocycles. The third-order valence-corrected chi connectivity index (χ3v) is 4.07. The summed E-state index contributed by atoms with van der Waals surface area (Å²) in [7, 11) is 1.77. The smallest absolute Gasteiger partial charge is 0.342 e. The molecule has 1 amide bonds. The molecule has 1 N–H and O–H groups in total. The SMILES string of the molecule is Cc1nn(C)c(C)c1C(=O)OC(C)C(=O)NC1CCCC1. The fourth-order valence-corrected chi connectivity index (χ4v) is 2.73. The van der Waals surface area contributed by atoms with Crippen LogP contribution in [-0.2, 0) is 16.6 Å². The van der Waals surface area contributed by atoms with Crippen molar-refractivity contribution in [1.29, 1.82) is 0 Å². The Morgan fingerprint density at radius 3 is 2.48 bits per heavy atom. The number of carbonyl (C=O) groups excluding carboxylic acids is 2. The van der Waals surface area contributed by atoms with Gasteiger partial charge in [0.2, 0.25) is 0 Å². The number of ether oxygens (including phenoxy) is 1. The summed E-state index contributed by atoms with van der Waals surface area (Å²) in [5.41, 5.74) is 1.79. The fraction of sp³-hybridized carbons (Fsp3) is 0.667. The van der Waals surface area contributed by atoms with Gasteiger partial charge in [0, 0.05) is 18.8 Å². The van der Waals surface area contributed by atoms with E-state index in [1.807, 2.05) is 0 Å². The summed E-state index contributed by atoms with van der Waals surface area (Å²) in [4.78, 5) is 24.2. The van der Waals surface area contributed by atoms with E-state index in [9.17, 15) is 9.59 Å². The predicted molar refractivity (Wildman–Crippen MR) is 78.0 cm³/mol. The predicted octanol–water partition coefficient (Wildman–Crippen LogP) is 1.64. The molecule has 2 rings (SSSR count). The minimum atomic E-state index is -0.794. The van der Waals surface area contributed by atoms with Gasteiger partial charge in [-0.3, -0.25) is 9.48 Å². The summed E-state index contributed by atoms with van der Waals surface area (Å²) in [6.45, 7) is 5.16. The Balaban J connectivity index is 1.96. The second-order valence-electron chi connectivity index (χ2n) is 5.71. The van der Waals surface area contributed by atoms with E-state index in [1.54, 1.807) is 32.5 Å². The number of hydrogen-bond donors (Lipinski definition) is 1. The van der Waals surface area contributed by atoms with Gasteiger partial charge in [-0.25, -0.2) is 4.79 Å². The highest BCUT2D eigenvalue weighted by Gasteiger charge is 2.26. The van der Waals surface area contributed by atoms with Crippen LogP contribution in [0.1, 0.15) is 54.4 Å². The second kappa shape index (κ2) is 6.28. The van der Waals surface area contributed by atoms with Crippen LogP contribution in [0.3, 0.4) is 0 Å². The molecule has 1 unspecified atom stereocenters. The standard InChI is InChI=1S/C15H23N3O3/c1-9-13(10(2)18(4)17-9)15(20)21-11(3)14(19)16-12-7-5-6-8-12/h11-12H,5-8H2,1-4H3,(H,16,19). The third kappa shape index (κ3) is 3.43. The molecule has 1 atom stereocenters. The number of amides is 1. The molecule has 0 bridgehead atoms. The summed E-state index contributed by atoms with van der Waals surface area (Å²) in [5, 5.41) is 7.12. The van der Waals surface area contributed by atoms with E-state index >= 15 is 0 Å². The molecule has 0 saturated heterocycles. The Morgan fingerprint density at radius 2 is 1.95 bits per heavy atom. The summed E-state index contributed by atoms with van der Waals surface area (Å²) < 4.78 is 6.91. The van der Waals surface area contributed by atoms with E-state index in [0.29, 0.717) is 11.3 Å². The van der Waals surface area contributed by atoms with Crippen LogP contribution in [0.15, 0.2) is 0 Å². The Hall–Kier alpha value is -1.85. The monoisotopic (exact) mass is 293 g/mol. The molecule has 6 heteroatoms. The first-order valence-corrected chi connectivity index (χ1v) is 7.41. The molecule has 1 heterocycles. The highest BCUT2D eigenvalue weighted by molar-refractivity contribution is 5.94. The number of aromatic nitrogens is 2. The number of nitrogens with one attached hydrogen (secondary N) is 1. The van der Waals surface area contributed by atoms with Crippen LogP contribution < -0.4 is 5.32 Å². The van der Waals surface area contributed by atoms with Crippen LogP contribution in [0.5, 0.6) is 0 Å². The van der Waals surface area contributed by atoms with E-state index < -0.39 is 12.1 Å². The normalized spacial score (nSPS) is 16.8. The van der Waals surface area contributed by atoms with Crippen molar-refractivity contribution in [2.75, 3.05) is 0 Å². The van der Waals surface area contributed by atoms with Gasteiger partial charge in [-0.1, -0.05) is 12.8 Å². The number of hydrogen-bond acceptors (Lipinski definition) is 4. The van der Waals surface area contributed by atoms with Gasteiger partial charge < -0.3 is 10.1 Å². The molecule has 0 spiro atoms. The first kappa shape index (κ1) is 15.5. The summed E-state index contributed by atoms with van der Waals surface area (Å²) in [5.74, 6) is -0.721. The van der Waals surface area contributed by atoms with Gasteiger partial charge in [-0.2, -0.15) is 5.10 Å². The number of rotatable bonds is 4. The Bertz CT molecular complexity index is 545. The lowest BCUT2D eigenvalue weighted by molar-refractivity contribution is -0.129. The maximum absolute atomic E-state index is 12.2. The molecule has 21 heavy (non-hydrogen) atoms. The molecule has 1 aliphatic carbocycles. The fourth-order valence-electron chi connectivity index (χ4n) is 2.73. The maximum Gasteiger partial charge on any atom is 0.342 e. The lowest BCUT2D eigenvalue weighted by atomic mass is 10.2. The third-order valence-electron chi connectivity index (χ3n) is 4.07. The van der Waals surface area contributed by atoms with E-state index in [4.69, 9.17) is 4.74 Å². The number of esters is 1. The molecule has 1 fully saturated rings. The van der Waals surface area contributed by atoms with Crippen LogP contribution >= 0.6 is 0 Å². The highest BCUT2D eigenvalue weighted by atomic mass is 16.5. The topological polar surface area (TPSA) is 73.2 Å². The summed E-state index contributed by atoms with van der Waals surface area (Å²) in [6, 6.07) is 0.223. The van der Waals surface area contributed by atoms with Crippen molar-refractivity contribution in [3.63, 3.8) is 0 Å². The van der Waals surface area contributed by atoms with Crippen molar-refractivity contribution in [2.24, 2.45) is 7.05 Å². The second-order valence-corrected chi connectivity index (χ2v) is 5.71. The van der Waals surface area contributed by atoms with E-state index in [-0.39, 0.29) is 11.9 Å². The zero-order valence-electron chi connectivity index (χ0n) is 13.1. The number of aryl methyl sites for hydroxylation is 2. The Kier molecular flexibility index (Phi) is 4.65. The van der Waals surface area contributed by atoms with Crippen LogP contribution in [0.4, 0.5) is 0 Å². The molecule has 0 aliphatic heterocycles. The minimum Gasteiger partial charge on any atom is -0.449 e. The minimum absolute atomic E-state index is 0.223. The zero-order valence-corrected chi connectivity index (χ0v) is 13.1. The van der Waals surface area contributed by atoms with E-state index in [1.165, 1.54) is 0 Å². The molecule has 6 nitrogen and oxygen atoms in total. The van der Waals surface area contributed by atoms with Crippen molar-refractivity contribution in [3.8, 4) is 0 Å². The first-order valence-electron chi connectivity index (χ1n) is 7.41. The van der Waals surface area contributed by atoms with Crippen molar-refractivity contribution >= 4 is 11.9 Å². The molecule has 116 valence electrons. The Morgan fingerprint density at radius 1 is 1.33 bits per heavy atom. The van der Waals surface area contributed by atoms with Crippen molar-refractivity contribution in [1.82, 2.24) is 15.1 Å².